The average Bonchev–Trinajstić information content (AvgIpc) is 2.18. The Kier molecular flexibility index (Phi) is 5.63. The zero-order valence-corrected chi connectivity index (χ0v) is 13.7. The van der Waals surface area contributed by atoms with Crippen molar-refractivity contribution in [2.24, 2.45) is 11.3 Å². The molecule has 1 amide bonds. The highest BCUT2D eigenvalue weighted by atomic mass is 127. The Labute approximate surface area is 124 Å². The molecule has 0 aliphatic heterocycles. The third-order valence-electron chi connectivity index (χ3n) is 2.62. The molecule has 0 aliphatic carbocycles. The van der Waals surface area contributed by atoms with Gasteiger partial charge in [-0.1, -0.05) is 27.7 Å². The third kappa shape index (κ3) is 6.38. The monoisotopic (exact) mass is 359 g/mol. The maximum atomic E-state index is 11.9. The predicted molar refractivity (Wildman–Crippen MR) is 85.6 cm³/mol. The topological polar surface area (TPSA) is 29.1 Å². The van der Waals surface area contributed by atoms with Gasteiger partial charge in [0.15, 0.2) is 0 Å². The Morgan fingerprint density at radius 2 is 1.83 bits per heavy atom. The highest BCUT2D eigenvalue weighted by Gasteiger charge is 2.17. The van der Waals surface area contributed by atoms with E-state index >= 15 is 0 Å². The van der Waals surface area contributed by atoms with E-state index in [0.717, 1.165) is 12.1 Å². The molecule has 100 valence electrons. The molecule has 0 aromatic heterocycles. The lowest BCUT2D eigenvalue weighted by Gasteiger charge is -2.22. The van der Waals surface area contributed by atoms with Crippen LogP contribution in [0.25, 0.3) is 0 Å². The normalized spacial score (nSPS) is 13.2. The van der Waals surface area contributed by atoms with Crippen LogP contribution >= 0.6 is 22.6 Å². The van der Waals surface area contributed by atoms with E-state index in [2.05, 4.69) is 55.6 Å². The number of carbonyl (C=O) groups is 1. The Hall–Kier alpha value is -0.580. The molecule has 1 rings (SSSR count). The van der Waals surface area contributed by atoms with Crippen LogP contribution in [0.4, 0.5) is 5.69 Å². The van der Waals surface area contributed by atoms with Gasteiger partial charge in [0.1, 0.15) is 0 Å². The van der Waals surface area contributed by atoms with Gasteiger partial charge in [-0.05, 0) is 64.6 Å². The first kappa shape index (κ1) is 15.5. The van der Waals surface area contributed by atoms with Crippen molar-refractivity contribution in [3.05, 3.63) is 27.8 Å². The van der Waals surface area contributed by atoms with Crippen LogP contribution in [-0.4, -0.2) is 5.91 Å². The second kappa shape index (κ2) is 6.55. The van der Waals surface area contributed by atoms with E-state index in [4.69, 9.17) is 0 Å². The first-order valence-corrected chi connectivity index (χ1v) is 7.39. The summed E-state index contributed by atoms with van der Waals surface area (Å²) in [5.41, 5.74) is 1.16. The molecule has 1 unspecified atom stereocenters. The number of carbonyl (C=O) groups excluding carboxylic acids is 1. The van der Waals surface area contributed by atoms with Crippen LogP contribution in [-0.2, 0) is 4.79 Å². The van der Waals surface area contributed by atoms with Gasteiger partial charge in [-0.2, -0.15) is 0 Å². The maximum absolute atomic E-state index is 11.9. The fourth-order valence-electron chi connectivity index (χ4n) is 2.18. The van der Waals surface area contributed by atoms with Crippen LogP contribution in [0.3, 0.4) is 0 Å². The summed E-state index contributed by atoms with van der Waals surface area (Å²) >= 11 is 2.25. The summed E-state index contributed by atoms with van der Waals surface area (Å²) in [6.45, 7) is 8.76. The molecule has 0 aliphatic rings. The molecule has 3 heteroatoms. The van der Waals surface area contributed by atoms with Crippen LogP contribution in [0, 0.1) is 14.9 Å². The Bertz CT molecular complexity index is 392. The number of benzene rings is 1. The van der Waals surface area contributed by atoms with Crippen molar-refractivity contribution in [2.75, 3.05) is 5.32 Å². The van der Waals surface area contributed by atoms with Gasteiger partial charge < -0.3 is 5.32 Å². The van der Waals surface area contributed by atoms with E-state index in [-0.39, 0.29) is 11.3 Å². The van der Waals surface area contributed by atoms with Crippen LogP contribution in [0.1, 0.15) is 40.5 Å². The fraction of sp³-hybridized carbons (Fsp3) is 0.533. The zero-order valence-electron chi connectivity index (χ0n) is 11.6. The van der Waals surface area contributed by atoms with Crippen molar-refractivity contribution in [3.63, 3.8) is 0 Å². The van der Waals surface area contributed by atoms with Gasteiger partial charge in [-0.25, -0.2) is 0 Å². The van der Waals surface area contributed by atoms with Crippen molar-refractivity contribution in [1.29, 1.82) is 0 Å². The summed E-state index contributed by atoms with van der Waals surface area (Å²) in [4.78, 5) is 11.9. The van der Waals surface area contributed by atoms with Gasteiger partial charge in [-0.3, -0.25) is 4.79 Å². The number of rotatable bonds is 4. The summed E-state index contributed by atoms with van der Waals surface area (Å²) < 4.78 is 1.17. The predicted octanol–water partition coefficient (Wildman–Crippen LogP) is 4.69. The van der Waals surface area contributed by atoms with Crippen LogP contribution in [0.5, 0.6) is 0 Å². The largest absolute Gasteiger partial charge is 0.326 e. The first-order valence-electron chi connectivity index (χ1n) is 6.32. The molecule has 0 radical (unpaired) electrons. The summed E-state index contributed by atoms with van der Waals surface area (Å²) in [6.07, 6.45) is 1.65. The molecule has 0 heterocycles. The summed E-state index contributed by atoms with van der Waals surface area (Å²) in [6, 6.07) is 7.87. The van der Waals surface area contributed by atoms with Gasteiger partial charge in [0.25, 0.3) is 0 Å². The number of anilines is 1. The molecule has 0 saturated carbocycles. The summed E-state index contributed by atoms with van der Waals surface area (Å²) in [5, 5.41) is 2.94. The van der Waals surface area contributed by atoms with E-state index in [1.165, 1.54) is 3.57 Å². The van der Waals surface area contributed by atoms with Crippen LogP contribution in [0.2, 0.25) is 0 Å². The zero-order chi connectivity index (χ0) is 13.8. The number of nitrogens with one attached hydrogen (secondary N) is 1. The Balaban J connectivity index is 2.44. The highest BCUT2D eigenvalue weighted by Crippen LogP contribution is 2.26. The van der Waals surface area contributed by atoms with Crippen molar-refractivity contribution in [1.82, 2.24) is 0 Å². The molecule has 1 aromatic rings. The number of halogens is 1. The molecule has 0 spiro atoms. The Morgan fingerprint density at radius 3 is 2.33 bits per heavy atom. The van der Waals surface area contributed by atoms with Crippen molar-refractivity contribution >= 4 is 34.2 Å². The quantitative estimate of drug-likeness (QED) is 0.777. The standard InChI is InChI=1S/C15H22INO/c1-11(10-15(2,3)4)9-14(18)17-13-7-5-12(16)6-8-13/h5-8,11H,9-10H2,1-4H3,(H,17,18). The number of hydrogen-bond donors (Lipinski definition) is 1. The lowest BCUT2D eigenvalue weighted by molar-refractivity contribution is -0.117. The molecular formula is C15H22INO. The molecule has 0 saturated heterocycles. The fourth-order valence-corrected chi connectivity index (χ4v) is 2.54. The molecule has 18 heavy (non-hydrogen) atoms. The van der Waals surface area contributed by atoms with Gasteiger partial charge in [0, 0.05) is 15.7 Å². The minimum atomic E-state index is 0.105. The van der Waals surface area contributed by atoms with Crippen molar-refractivity contribution in [2.45, 2.75) is 40.5 Å². The first-order chi connectivity index (χ1) is 8.26. The Morgan fingerprint density at radius 1 is 1.28 bits per heavy atom. The second-order valence-electron chi connectivity index (χ2n) is 6.13. The second-order valence-corrected chi connectivity index (χ2v) is 7.37. The highest BCUT2D eigenvalue weighted by molar-refractivity contribution is 14.1. The van der Waals surface area contributed by atoms with Gasteiger partial charge in [-0.15, -0.1) is 0 Å². The minimum absolute atomic E-state index is 0.105. The lowest BCUT2D eigenvalue weighted by Crippen LogP contribution is -2.18. The SMILES string of the molecule is CC(CC(=O)Nc1ccc(I)cc1)CC(C)(C)C. The molecule has 0 fully saturated rings. The van der Waals surface area contributed by atoms with E-state index in [9.17, 15) is 4.79 Å². The molecule has 0 bridgehead atoms. The number of hydrogen-bond acceptors (Lipinski definition) is 1. The molecule has 1 atom stereocenters. The van der Waals surface area contributed by atoms with E-state index in [1.807, 2.05) is 24.3 Å². The van der Waals surface area contributed by atoms with E-state index in [0.29, 0.717) is 12.3 Å². The van der Waals surface area contributed by atoms with Gasteiger partial charge in [0.2, 0.25) is 5.91 Å². The molecule has 1 N–H and O–H groups in total. The summed E-state index contributed by atoms with van der Waals surface area (Å²) in [5.74, 6) is 0.516. The minimum Gasteiger partial charge on any atom is -0.326 e. The maximum Gasteiger partial charge on any atom is 0.224 e. The van der Waals surface area contributed by atoms with Crippen LogP contribution in [0.15, 0.2) is 24.3 Å². The third-order valence-corrected chi connectivity index (χ3v) is 3.34. The molecule has 1 aromatic carbocycles. The number of amides is 1. The smallest absolute Gasteiger partial charge is 0.224 e. The molecule has 2 nitrogen and oxygen atoms in total. The van der Waals surface area contributed by atoms with E-state index < -0.39 is 0 Å². The van der Waals surface area contributed by atoms with Crippen LogP contribution < -0.4 is 5.32 Å². The van der Waals surface area contributed by atoms with Gasteiger partial charge in [0.05, 0.1) is 0 Å². The average molecular weight is 359 g/mol. The lowest BCUT2D eigenvalue weighted by atomic mass is 9.84. The summed E-state index contributed by atoms with van der Waals surface area (Å²) in [7, 11) is 0. The molecular weight excluding hydrogens is 337 g/mol. The van der Waals surface area contributed by atoms with Crippen molar-refractivity contribution < 1.29 is 4.79 Å². The van der Waals surface area contributed by atoms with Crippen molar-refractivity contribution in [3.8, 4) is 0 Å². The van der Waals surface area contributed by atoms with E-state index in [1.54, 1.807) is 0 Å². The van der Waals surface area contributed by atoms with Gasteiger partial charge >= 0.3 is 0 Å².